The third kappa shape index (κ3) is 8.70. The second-order valence-corrected chi connectivity index (χ2v) is 14.1. The van der Waals surface area contributed by atoms with E-state index >= 15 is 0 Å². The van der Waals surface area contributed by atoms with Gasteiger partial charge in [0.25, 0.3) is 0 Å². The molecule has 12 heteroatoms. The Labute approximate surface area is 295 Å². The third-order valence-corrected chi connectivity index (χ3v) is 10.3. The maximum absolute atomic E-state index is 14.2. The lowest BCUT2D eigenvalue weighted by molar-refractivity contribution is -0.167. The van der Waals surface area contributed by atoms with Crippen molar-refractivity contribution in [2.24, 2.45) is 11.5 Å². The monoisotopic (exact) mass is 687 g/mol. The molecule has 0 aromatic heterocycles. The van der Waals surface area contributed by atoms with Crippen molar-refractivity contribution in [3.05, 3.63) is 71.8 Å². The molecule has 4 aliphatic heterocycles. The number of benzene rings is 2. The first-order chi connectivity index (χ1) is 24.1. The molecule has 7 atom stereocenters. The van der Waals surface area contributed by atoms with Crippen LogP contribution in [-0.2, 0) is 36.8 Å². The zero-order valence-corrected chi connectivity index (χ0v) is 29.3. The molecular formula is C38H53N7O5. The van der Waals surface area contributed by atoms with Crippen molar-refractivity contribution in [3.63, 3.8) is 0 Å². The minimum Gasteiger partial charge on any atom is -0.343 e. The molecule has 0 saturated carbocycles. The smallest absolute Gasteiger partial charge is 0.246 e. The summed E-state index contributed by atoms with van der Waals surface area (Å²) in [6.07, 6.45) is 4.85. The van der Waals surface area contributed by atoms with Crippen LogP contribution in [0.3, 0.4) is 0 Å². The van der Waals surface area contributed by atoms with Gasteiger partial charge in [-0.25, -0.2) is 0 Å². The number of nitrogens with zero attached hydrogens (tertiary/aromatic N) is 3. The Morgan fingerprint density at radius 2 is 1.50 bits per heavy atom. The first kappa shape index (κ1) is 37.0. The van der Waals surface area contributed by atoms with Crippen LogP contribution in [0.5, 0.6) is 0 Å². The Bertz CT molecular complexity index is 1480. The summed E-state index contributed by atoms with van der Waals surface area (Å²) in [5.74, 6) is -1.23. The molecule has 2 bridgehead atoms. The Hall–Kier alpha value is -4.29. The van der Waals surface area contributed by atoms with E-state index in [0.717, 1.165) is 30.4 Å². The Kier molecular flexibility index (Phi) is 12.6. The van der Waals surface area contributed by atoms with Gasteiger partial charge in [0.1, 0.15) is 18.1 Å². The lowest BCUT2D eigenvalue weighted by atomic mass is 9.85. The van der Waals surface area contributed by atoms with Gasteiger partial charge in [0.15, 0.2) is 0 Å². The molecule has 4 saturated heterocycles. The minimum atomic E-state index is -0.968. The van der Waals surface area contributed by atoms with E-state index in [-0.39, 0.29) is 42.3 Å². The van der Waals surface area contributed by atoms with Crippen molar-refractivity contribution in [1.82, 2.24) is 25.3 Å². The number of rotatable bonds is 16. The van der Waals surface area contributed by atoms with E-state index in [1.807, 2.05) is 84.3 Å². The van der Waals surface area contributed by atoms with Gasteiger partial charge in [0, 0.05) is 32.0 Å². The van der Waals surface area contributed by atoms with E-state index in [0.29, 0.717) is 51.7 Å². The number of nitrogens with two attached hydrogens (primary N) is 2. The van der Waals surface area contributed by atoms with Gasteiger partial charge in [0.05, 0.1) is 18.1 Å². The highest BCUT2D eigenvalue weighted by atomic mass is 16.2. The van der Waals surface area contributed by atoms with Crippen molar-refractivity contribution in [2.75, 3.05) is 19.6 Å². The standard InChI is InChI=1S/C38H53N7O5/c1-3-12-34(46)43-23-28-22-29(24-43)45(28)38(50)33(17-10-11-18-39)44-25(2)19-32(37(44)49)42-36(48)31(21-27-15-8-5-9-16-27)41-35(47)30(40)20-26-13-6-4-7-14-26/h4-9,13-16,25,28-33H,3,10-12,17-24,39-40H2,1-2H3,(H,41,47)(H,42,48). The lowest BCUT2D eigenvalue weighted by Crippen LogP contribution is -2.73. The number of piperazine rings is 1. The Morgan fingerprint density at radius 1 is 0.880 bits per heavy atom. The highest BCUT2D eigenvalue weighted by Gasteiger charge is 2.52. The van der Waals surface area contributed by atoms with E-state index in [9.17, 15) is 24.0 Å². The van der Waals surface area contributed by atoms with Gasteiger partial charge in [-0.2, -0.15) is 0 Å². The van der Waals surface area contributed by atoms with Gasteiger partial charge in [-0.1, -0.05) is 67.6 Å². The number of hydrogen-bond acceptors (Lipinski definition) is 7. The van der Waals surface area contributed by atoms with Gasteiger partial charge >= 0.3 is 0 Å². The summed E-state index contributed by atoms with van der Waals surface area (Å²) < 4.78 is 0. The molecule has 2 aromatic rings. The summed E-state index contributed by atoms with van der Waals surface area (Å²) in [5.41, 5.74) is 13.8. The van der Waals surface area contributed by atoms with Crippen molar-refractivity contribution >= 4 is 29.5 Å². The van der Waals surface area contributed by atoms with E-state index in [4.69, 9.17) is 11.5 Å². The van der Waals surface area contributed by atoms with Crippen molar-refractivity contribution in [2.45, 2.75) is 114 Å². The molecule has 6 rings (SSSR count). The molecule has 2 aromatic carbocycles. The number of piperidine rings is 1. The maximum atomic E-state index is 14.2. The summed E-state index contributed by atoms with van der Waals surface area (Å²) in [5, 5.41) is 5.76. The summed E-state index contributed by atoms with van der Waals surface area (Å²) in [6, 6.07) is 15.0. The first-order valence-corrected chi connectivity index (χ1v) is 18.2. The summed E-state index contributed by atoms with van der Waals surface area (Å²) in [4.78, 5) is 73.4. The maximum Gasteiger partial charge on any atom is 0.246 e. The molecule has 4 fully saturated rings. The molecule has 4 aliphatic rings. The van der Waals surface area contributed by atoms with Crippen LogP contribution in [0.15, 0.2) is 60.7 Å². The van der Waals surface area contributed by atoms with E-state index < -0.39 is 36.0 Å². The molecular weight excluding hydrogens is 634 g/mol. The molecule has 4 heterocycles. The Balaban J connectivity index is 1.27. The summed E-state index contributed by atoms with van der Waals surface area (Å²) >= 11 is 0. The number of hydrogen-bond donors (Lipinski definition) is 4. The fourth-order valence-electron chi connectivity index (χ4n) is 7.69. The topological polar surface area (TPSA) is 171 Å². The van der Waals surface area contributed by atoms with Crippen LogP contribution >= 0.6 is 0 Å². The van der Waals surface area contributed by atoms with Crippen LogP contribution in [0.2, 0.25) is 0 Å². The molecule has 0 aliphatic carbocycles. The second kappa shape index (κ2) is 17.1. The van der Waals surface area contributed by atoms with E-state index in [2.05, 4.69) is 10.6 Å². The zero-order chi connectivity index (χ0) is 35.8. The quantitative estimate of drug-likeness (QED) is 0.194. The number of likely N-dealkylation sites (tertiary alicyclic amines) is 1. The second-order valence-electron chi connectivity index (χ2n) is 14.1. The molecule has 7 unspecified atom stereocenters. The largest absolute Gasteiger partial charge is 0.343 e. The average Bonchev–Trinajstić information content (AvgIpc) is 3.38. The van der Waals surface area contributed by atoms with E-state index in [1.54, 1.807) is 4.90 Å². The molecule has 0 spiro atoms. The SMILES string of the molecule is CCCC(=O)N1CC2CC(C1)N2C(=O)C(CCCCN)N1C(=O)C(NC(=O)C(Cc2ccccc2)NC(=O)C(N)Cc2ccccc2)CC1C. The van der Waals surface area contributed by atoms with Crippen LogP contribution in [0.1, 0.15) is 69.9 Å². The lowest BCUT2D eigenvalue weighted by Gasteiger charge is -2.57. The predicted molar refractivity (Wildman–Crippen MR) is 190 cm³/mol. The molecule has 0 radical (unpaired) electrons. The number of unbranched alkanes of at least 4 members (excludes halogenated alkanes) is 1. The molecule has 50 heavy (non-hydrogen) atoms. The number of amides is 5. The van der Waals surface area contributed by atoms with Crippen molar-refractivity contribution < 1.29 is 24.0 Å². The van der Waals surface area contributed by atoms with E-state index in [1.165, 1.54) is 0 Å². The number of fused-ring (bicyclic) bond motifs is 2. The first-order valence-electron chi connectivity index (χ1n) is 18.2. The highest BCUT2D eigenvalue weighted by molar-refractivity contribution is 5.96. The predicted octanol–water partition coefficient (Wildman–Crippen LogP) is 1.50. The van der Waals surface area contributed by atoms with Gasteiger partial charge in [-0.15, -0.1) is 0 Å². The minimum absolute atomic E-state index is 0.0572. The van der Waals surface area contributed by atoms with Crippen LogP contribution in [0.25, 0.3) is 0 Å². The number of carbonyl (C=O) groups is 5. The number of carbonyl (C=O) groups excluding carboxylic acids is 5. The molecule has 12 nitrogen and oxygen atoms in total. The molecule has 5 amide bonds. The fourth-order valence-corrected chi connectivity index (χ4v) is 7.69. The normalized spacial score (nSPS) is 23.1. The molecule has 6 N–H and O–H groups in total. The van der Waals surface area contributed by atoms with Crippen LogP contribution in [-0.4, -0.2) is 106 Å². The zero-order valence-electron chi connectivity index (χ0n) is 29.3. The van der Waals surface area contributed by atoms with Crippen LogP contribution in [0, 0.1) is 0 Å². The van der Waals surface area contributed by atoms with Gasteiger partial charge in [-0.05, 0) is 69.5 Å². The van der Waals surface area contributed by atoms with Crippen molar-refractivity contribution in [1.29, 1.82) is 0 Å². The van der Waals surface area contributed by atoms with Crippen LogP contribution < -0.4 is 22.1 Å². The summed E-state index contributed by atoms with van der Waals surface area (Å²) in [6.45, 7) is 5.40. The van der Waals surface area contributed by atoms with Crippen LogP contribution in [0.4, 0.5) is 0 Å². The van der Waals surface area contributed by atoms with Gasteiger partial charge < -0.3 is 36.8 Å². The van der Waals surface area contributed by atoms with Gasteiger partial charge in [-0.3, -0.25) is 24.0 Å². The van der Waals surface area contributed by atoms with Gasteiger partial charge in [0.2, 0.25) is 29.5 Å². The Morgan fingerprint density at radius 3 is 2.10 bits per heavy atom. The average molecular weight is 688 g/mol. The summed E-state index contributed by atoms with van der Waals surface area (Å²) in [7, 11) is 0. The molecule has 270 valence electrons. The third-order valence-electron chi connectivity index (χ3n) is 10.3. The van der Waals surface area contributed by atoms with Crippen molar-refractivity contribution in [3.8, 4) is 0 Å². The highest BCUT2D eigenvalue weighted by Crippen LogP contribution is 2.36. The number of nitrogens with one attached hydrogen (secondary N) is 2. The fraction of sp³-hybridized carbons (Fsp3) is 0.553.